The molecule has 0 aliphatic heterocycles. The number of thiol groups is 1. The normalized spacial score (nSPS) is 15.3. The number of hydrogen-bond acceptors (Lipinski definition) is 4. The standard InChI is InChI=1S/C7H15NO2S2/c1-5(6(3-9)12-2)8-7(10)4-11/h5-6,9,11H,3-4H2,1-2H3,(H,8,10). The van der Waals surface area contributed by atoms with E-state index in [1.807, 2.05) is 13.2 Å². The molecule has 12 heavy (non-hydrogen) atoms. The fraction of sp³-hybridized carbons (Fsp3) is 0.857. The summed E-state index contributed by atoms with van der Waals surface area (Å²) in [6.07, 6.45) is 1.91. The van der Waals surface area contributed by atoms with Crippen molar-refractivity contribution in [3.63, 3.8) is 0 Å². The average molecular weight is 209 g/mol. The van der Waals surface area contributed by atoms with Crippen molar-refractivity contribution in [2.75, 3.05) is 18.6 Å². The zero-order chi connectivity index (χ0) is 9.56. The highest BCUT2D eigenvalue weighted by molar-refractivity contribution is 7.99. The van der Waals surface area contributed by atoms with Crippen LogP contribution in [-0.2, 0) is 4.79 Å². The molecule has 2 N–H and O–H groups in total. The van der Waals surface area contributed by atoms with E-state index in [-0.39, 0.29) is 29.6 Å². The number of amides is 1. The summed E-state index contributed by atoms with van der Waals surface area (Å²) in [6, 6.07) is -0.00958. The third kappa shape index (κ3) is 4.23. The molecule has 1 amide bonds. The van der Waals surface area contributed by atoms with Gasteiger partial charge in [-0.3, -0.25) is 4.79 Å². The molecule has 2 atom stereocenters. The molecular formula is C7H15NO2S2. The van der Waals surface area contributed by atoms with Crippen LogP contribution in [0.5, 0.6) is 0 Å². The second-order valence-electron chi connectivity index (χ2n) is 2.47. The lowest BCUT2D eigenvalue weighted by molar-refractivity contribution is -0.119. The summed E-state index contributed by atoms with van der Waals surface area (Å²) in [5.41, 5.74) is 0. The molecule has 0 saturated heterocycles. The summed E-state index contributed by atoms with van der Waals surface area (Å²) >= 11 is 5.38. The molecule has 3 nitrogen and oxygen atoms in total. The minimum absolute atomic E-state index is 0.00958. The molecule has 0 radical (unpaired) electrons. The van der Waals surface area contributed by atoms with Crippen molar-refractivity contribution >= 4 is 30.3 Å². The number of nitrogens with one attached hydrogen (secondary N) is 1. The van der Waals surface area contributed by atoms with Crippen LogP contribution in [0, 0.1) is 0 Å². The second-order valence-corrected chi connectivity index (χ2v) is 3.86. The molecule has 0 rings (SSSR count). The Hall–Kier alpha value is 0.130. The quantitative estimate of drug-likeness (QED) is 0.565. The largest absolute Gasteiger partial charge is 0.395 e. The summed E-state index contributed by atoms with van der Waals surface area (Å²) in [4.78, 5) is 10.9. The molecule has 0 spiro atoms. The molecule has 0 saturated carbocycles. The smallest absolute Gasteiger partial charge is 0.229 e. The van der Waals surface area contributed by atoms with Gasteiger partial charge >= 0.3 is 0 Å². The van der Waals surface area contributed by atoms with Gasteiger partial charge in [-0.15, -0.1) is 0 Å². The lowest BCUT2D eigenvalue weighted by Crippen LogP contribution is -2.41. The van der Waals surface area contributed by atoms with Crippen molar-refractivity contribution in [3.8, 4) is 0 Å². The maximum absolute atomic E-state index is 10.9. The van der Waals surface area contributed by atoms with Gasteiger partial charge in [0.05, 0.1) is 12.4 Å². The molecule has 0 aliphatic rings. The predicted molar refractivity (Wildman–Crippen MR) is 55.8 cm³/mol. The van der Waals surface area contributed by atoms with Crippen molar-refractivity contribution in [1.29, 1.82) is 0 Å². The van der Waals surface area contributed by atoms with E-state index in [1.54, 1.807) is 11.8 Å². The number of hydrogen-bond donors (Lipinski definition) is 3. The monoisotopic (exact) mass is 209 g/mol. The second kappa shape index (κ2) is 6.62. The molecular weight excluding hydrogens is 194 g/mol. The van der Waals surface area contributed by atoms with Crippen LogP contribution in [0.3, 0.4) is 0 Å². The lowest BCUT2D eigenvalue weighted by atomic mass is 10.2. The zero-order valence-corrected chi connectivity index (χ0v) is 8.99. The van der Waals surface area contributed by atoms with Gasteiger partial charge in [-0.25, -0.2) is 0 Å². The molecule has 0 fully saturated rings. The Morgan fingerprint density at radius 2 is 2.33 bits per heavy atom. The molecule has 0 aromatic carbocycles. The van der Waals surface area contributed by atoms with Crippen molar-refractivity contribution in [3.05, 3.63) is 0 Å². The van der Waals surface area contributed by atoms with Gasteiger partial charge in [-0.2, -0.15) is 24.4 Å². The number of aliphatic hydroxyl groups is 1. The van der Waals surface area contributed by atoms with Gasteiger partial charge in [0, 0.05) is 11.3 Å². The Morgan fingerprint density at radius 1 is 1.75 bits per heavy atom. The molecule has 5 heteroatoms. The van der Waals surface area contributed by atoms with Gasteiger partial charge in [0.25, 0.3) is 0 Å². The number of aliphatic hydroxyl groups excluding tert-OH is 1. The minimum Gasteiger partial charge on any atom is -0.395 e. The highest BCUT2D eigenvalue weighted by atomic mass is 32.2. The molecule has 0 heterocycles. The predicted octanol–water partition coefficient (Wildman–Crippen LogP) is 0.145. The topological polar surface area (TPSA) is 49.3 Å². The Bertz CT molecular complexity index is 139. The van der Waals surface area contributed by atoms with E-state index < -0.39 is 0 Å². The van der Waals surface area contributed by atoms with Crippen molar-refractivity contribution < 1.29 is 9.90 Å². The molecule has 72 valence electrons. The van der Waals surface area contributed by atoms with E-state index in [2.05, 4.69) is 17.9 Å². The maximum Gasteiger partial charge on any atom is 0.229 e. The van der Waals surface area contributed by atoms with Crippen molar-refractivity contribution in [2.24, 2.45) is 0 Å². The first-order valence-electron chi connectivity index (χ1n) is 3.69. The Kier molecular flexibility index (Phi) is 6.70. The Balaban J connectivity index is 3.83. The van der Waals surface area contributed by atoms with Crippen LogP contribution in [0.4, 0.5) is 0 Å². The molecule has 0 aliphatic carbocycles. The fourth-order valence-electron chi connectivity index (χ4n) is 0.829. The van der Waals surface area contributed by atoms with Crippen molar-refractivity contribution in [2.45, 2.75) is 18.2 Å². The average Bonchev–Trinajstić information content (AvgIpc) is 2.06. The molecule has 2 unspecified atom stereocenters. The third-order valence-corrected chi connectivity index (χ3v) is 3.02. The minimum atomic E-state index is -0.0988. The zero-order valence-electron chi connectivity index (χ0n) is 7.28. The van der Waals surface area contributed by atoms with Gasteiger partial charge in [-0.05, 0) is 13.2 Å². The summed E-state index contributed by atoms with van der Waals surface area (Å²) in [7, 11) is 0. The van der Waals surface area contributed by atoms with E-state index in [1.165, 1.54) is 0 Å². The first kappa shape index (κ1) is 12.1. The SMILES string of the molecule is CSC(CO)C(C)NC(=O)CS. The van der Waals surface area contributed by atoms with Crippen LogP contribution in [0.1, 0.15) is 6.92 Å². The van der Waals surface area contributed by atoms with E-state index in [4.69, 9.17) is 5.11 Å². The van der Waals surface area contributed by atoms with Crippen LogP contribution in [0.25, 0.3) is 0 Å². The number of rotatable bonds is 5. The maximum atomic E-state index is 10.9. The number of carbonyl (C=O) groups excluding carboxylic acids is 1. The molecule has 0 bridgehead atoms. The number of carbonyl (C=O) groups is 1. The lowest BCUT2D eigenvalue weighted by Gasteiger charge is -2.20. The molecule has 0 aromatic rings. The van der Waals surface area contributed by atoms with E-state index in [0.29, 0.717) is 0 Å². The first-order chi connectivity index (χ1) is 5.65. The van der Waals surface area contributed by atoms with E-state index >= 15 is 0 Å². The summed E-state index contributed by atoms with van der Waals surface area (Å²) in [5, 5.41) is 11.7. The summed E-state index contributed by atoms with van der Waals surface area (Å²) in [5.74, 6) is 0.0926. The third-order valence-electron chi connectivity index (χ3n) is 1.57. The van der Waals surface area contributed by atoms with Gasteiger partial charge in [-0.1, -0.05) is 0 Å². The fourth-order valence-corrected chi connectivity index (χ4v) is 1.55. The molecule has 0 aromatic heterocycles. The van der Waals surface area contributed by atoms with Gasteiger partial charge in [0.1, 0.15) is 0 Å². The van der Waals surface area contributed by atoms with Crippen LogP contribution in [-0.4, -0.2) is 40.9 Å². The van der Waals surface area contributed by atoms with Crippen molar-refractivity contribution in [1.82, 2.24) is 5.32 Å². The highest BCUT2D eigenvalue weighted by Gasteiger charge is 2.16. The van der Waals surface area contributed by atoms with Gasteiger partial charge in [0.2, 0.25) is 5.91 Å². The van der Waals surface area contributed by atoms with Gasteiger partial charge < -0.3 is 10.4 Å². The van der Waals surface area contributed by atoms with Crippen LogP contribution in [0.2, 0.25) is 0 Å². The van der Waals surface area contributed by atoms with Gasteiger partial charge in [0.15, 0.2) is 0 Å². The van der Waals surface area contributed by atoms with E-state index in [0.717, 1.165) is 0 Å². The van der Waals surface area contributed by atoms with Crippen LogP contribution >= 0.6 is 24.4 Å². The number of thioether (sulfide) groups is 1. The van der Waals surface area contributed by atoms with Crippen LogP contribution < -0.4 is 5.32 Å². The highest BCUT2D eigenvalue weighted by Crippen LogP contribution is 2.09. The van der Waals surface area contributed by atoms with Crippen LogP contribution in [0.15, 0.2) is 0 Å². The summed E-state index contributed by atoms with van der Waals surface area (Å²) in [6.45, 7) is 1.95. The Labute approximate surface area is 82.7 Å². The summed E-state index contributed by atoms with van der Waals surface area (Å²) < 4.78 is 0. The first-order valence-corrected chi connectivity index (χ1v) is 5.61. The Morgan fingerprint density at radius 3 is 2.67 bits per heavy atom. The van der Waals surface area contributed by atoms with E-state index in [9.17, 15) is 4.79 Å².